The van der Waals surface area contributed by atoms with Crippen LogP contribution >= 0.6 is 0 Å². The molecular formula is C20H18N4O3. The van der Waals surface area contributed by atoms with Gasteiger partial charge in [-0.3, -0.25) is 10.1 Å². The third-order valence-electron chi connectivity index (χ3n) is 4.58. The Kier molecular flexibility index (Phi) is 4.19. The van der Waals surface area contributed by atoms with Crippen molar-refractivity contribution in [1.82, 2.24) is 9.97 Å². The average molecular weight is 362 g/mol. The van der Waals surface area contributed by atoms with Gasteiger partial charge in [-0.05, 0) is 54.5 Å². The van der Waals surface area contributed by atoms with Crippen molar-refractivity contribution in [2.24, 2.45) is 5.92 Å². The minimum Gasteiger partial charge on any atom is -0.465 e. The molecule has 3 N–H and O–H groups in total. The summed E-state index contributed by atoms with van der Waals surface area (Å²) >= 11 is 0. The topological polar surface area (TPSA) is 104 Å². The van der Waals surface area contributed by atoms with Crippen molar-refractivity contribution in [3.8, 4) is 11.1 Å². The predicted octanol–water partition coefficient (Wildman–Crippen LogP) is 4.04. The van der Waals surface area contributed by atoms with E-state index in [2.05, 4.69) is 20.6 Å². The number of benzene rings is 1. The second-order valence-corrected chi connectivity index (χ2v) is 6.71. The summed E-state index contributed by atoms with van der Waals surface area (Å²) in [5, 5.41) is 15.8. The van der Waals surface area contributed by atoms with Crippen molar-refractivity contribution in [2.45, 2.75) is 19.8 Å². The van der Waals surface area contributed by atoms with Crippen molar-refractivity contribution in [1.29, 1.82) is 0 Å². The SMILES string of the molecule is Cc1cc(NC(=O)O)ncc1-c1ccc2cc(NC(=O)C3CC3)ncc2c1. The van der Waals surface area contributed by atoms with E-state index >= 15 is 0 Å². The highest BCUT2D eigenvalue weighted by molar-refractivity contribution is 5.96. The number of anilines is 2. The fourth-order valence-electron chi connectivity index (χ4n) is 2.99. The molecule has 0 aliphatic heterocycles. The molecule has 0 unspecified atom stereocenters. The van der Waals surface area contributed by atoms with Crippen LogP contribution in [0.1, 0.15) is 18.4 Å². The van der Waals surface area contributed by atoms with Gasteiger partial charge < -0.3 is 10.4 Å². The van der Waals surface area contributed by atoms with Gasteiger partial charge in [-0.1, -0.05) is 12.1 Å². The summed E-state index contributed by atoms with van der Waals surface area (Å²) in [6.07, 6.45) is 4.16. The van der Waals surface area contributed by atoms with E-state index in [0.29, 0.717) is 11.6 Å². The normalized spacial score (nSPS) is 13.4. The number of nitrogens with one attached hydrogen (secondary N) is 2. The van der Waals surface area contributed by atoms with E-state index in [1.165, 1.54) is 0 Å². The highest BCUT2D eigenvalue weighted by Crippen LogP contribution is 2.31. The number of pyridine rings is 2. The quantitative estimate of drug-likeness (QED) is 0.650. The average Bonchev–Trinajstić information content (AvgIpc) is 3.46. The smallest absolute Gasteiger partial charge is 0.410 e. The number of fused-ring (bicyclic) bond motifs is 1. The monoisotopic (exact) mass is 362 g/mol. The van der Waals surface area contributed by atoms with Crippen molar-refractivity contribution in [3.63, 3.8) is 0 Å². The molecule has 7 nitrogen and oxygen atoms in total. The van der Waals surface area contributed by atoms with Gasteiger partial charge in [0, 0.05) is 29.3 Å². The Morgan fingerprint density at radius 1 is 1.00 bits per heavy atom. The zero-order valence-corrected chi connectivity index (χ0v) is 14.7. The van der Waals surface area contributed by atoms with Gasteiger partial charge in [-0.25, -0.2) is 14.8 Å². The van der Waals surface area contributed by atoms with Gasteiger partial charge in [0.05, 0.1) is 0 Å². The lowest BCUT2D eigenvalue weighted by Crippen LogP contribution is -2.14. The van der Waals surface area contributed by atoms with Crippen molar-refractivity contribution in [2.75, 3.05) is 10.6 Å². The van der Waals surface area contributed by atoms with Crippen LogP contribution in [0.2, 0.25) is 0 Å². The molecule has 27 heavy (non-hydrogen) atoms. The van der Waals surface area contributed by atoms with Crippen LogP contribution in [-0.4, -0.2) is 27.1 Å². The van der Waals surface area contributed by atoms with Crippen molar-refractivity contribution < 1.29 is 14.7 Å². The Morgan fingerprint density at radius 3 is 2.44 bits per heavy atom. The predicted molar refractivity (Wildman–Crippen MR) is 103 cm³/mol. The number of aryl methyl sites for hydroxylation is 1. The maximum atomic E-state index is 11.9. The lowest BCUT2D eigenvalue weighted by molar-refractivity contribution is -0.117. The first kappa shape index (κ1) is 17.0. The molecule has 2 heterocycles. The molecule has 136 valence electrons. The molecule has 0 saturated heterocycles. The number of hydrogen-bond donors (Lipinski definition) is 3. The molecule has 2 amide bonds. The minimum absolute atomic E-state index is 0.0372. The number of amides is 2. The molecule has 4 rings (SSSR count). The van der Waals surface area contributed by atoms with E-state index in [9.17, 15) is 9.59 Å². The van der Waals surface area contributed by atoms with Crippen LogP contribution < -0.4 is 10.6 Å². The zero-order chi connectivity index (χ0) is 19.0. The van der Waals surface area contributed by atoms with Crippen molar-refractivity contribution in [3.05, 3.63) is 48.3 Å². The van der Waals surface area contributed by atoms with E-state index < -0.39 is 6.09 Å². The number of aromatic nitrogens is 2. The maximum absolute atomic E-state index is 11.9. The van der Waals surface area contributed by atoms with Gasteiger partial charge in [0.15, 0.2) is 0 Å². The Bertz CT molecular complexity index is 1060. The second kappa shape index (κ2) is 6.68. The first-order valence-electron chi connectivity index (χ1n) is 8.67. The van der Waals surface area contributed by atoms with Crippen LogP contribution in [0.15, 0.2) is 42.7 Å². The lowest BCUT2D eigenvalue weighted by atomic mass is 10.00. The number of carbonyl (C=O) groups excluding carboxylic acids is 1. The zero-order valence-electron chi connectivity index (χ0n) is 14.7. The summed E-state index contributed by atoms with van der Waals surface area (Å²) in [5.74, 6) is 1.03. The van der Waals surface area contributed by atoms with Crippen LogP contribution in [0.5, 0.6) is 0 Å². The first-order chi connectivity index (χ1) is 13.0. The number of carbonyl (C=O) groups is 2. The summed E-state index contributed by atoms with van der Waals surface area (Å²) in [6, 6.07) is 9.51. The van der Waals surface area contributed by atoms with Gasteiger partial charge in [0.25, 0.3) is 0 Å². The molecule has 7 heteroatoms. The molecule has 1 aliphatic rings. The van der Waals surface area contributed by atoms with Crippen LogP contribution in [-0.2, 0) is 4.79 Å². The fourth-order valence-corrected chi connectivity index (χ4v) is 2.99. The Balaban J connectivity index is 1.61. The van der Waals surface area contributed by atoms with E-state index in [0.717, 1.165) is 40.3 Å². The number of carboxylic acid groups (broad SMARTS) is 1. The summed E-state index contributed by atoms with van der Waals surface area (Å²) in [6.45, 7) is 1.91. The van der Waals surface area contributed by atoms with E-state index in [1.807, 2.05) is 31.2 Å². The van der Waals surface area contributed by atoms with Gasteiger partial charge in [0.1, 0.15) is 11.6 Å². The third-order valence-corrected chi connectivity index (χ3v) is 4.58. The maximum Gasteiger partial charge on any atom is 0.410 e. The molecule has 1 saturated carbocycles. The summed E-state index contributed by atoms with van der Waals surface area (Å²) < 4.78 is 0. The third kappa shape index (κ3) is 3.72. The number of rotatable bonds is 4. The van der Waals surface area contributed by atoms with Gasteiger partial charge >= 0.3 is 6.09 Å². The van der Waals surface area contributed by atoms with E-state index in [1.54, 1.807) is 18.5 Å². The molecule has 1 aliphatic carbocycles. The summed E-state index contributed by atoms with van der Waals surface area (Å²) in [7, 11) is 0. The van der Waals surface area contributed by atoms with Crippen LogP contribution in [0.4, 0.5) is 16.4 Å². The molecule has 3 aromatic rings. The van der Waals surface area contributed by atoms with Crippen LogP contribution in [0.3, 0.4) is 0 Å². The van der Waals surface area contributed by atoms with Crippen molar-refractivity contribution >= 4 is 34.4 Å². The standard InChI is InChI=1S/C20H18N4O3/c1-11-6-17(24-20(26)27)22-10-16(11)14-5-4-13-8-18(21-9-15(13)7-14)23-19(25)12-2-3-12/h4-10,12H,2-3H2,1H3,(H,22,24)(H,26,27)(H,21,23,25). The molecule has 0 atom stereocenters. The minimum atomic E-state index is -1.14. The Morgan fingerprint density at radius 2 is 1.74 bits per heavy atom. The van der Waals surface area contributed by atoms with Gasteiger partial charge in [-0.15, -0.1) is 0 Å². The summed E-state index contributed by atoms with van der Waals surface area (Å²) in [4.78, 5) is 31.1. The highest BCUT2D eigenvalue weighted by Gasteiger charge is 2.29. The lowest BCUT2D eigenvalue weighted by Gasteiger charge is -2.10. The molecular weight excluding hydrogens is 344 g/mol. The first-order valence-corrected chi connectivity index (χ1v) is 8.67. The van der Waals surface area contributed by atoms with Crippen LogP contribution in [0.25, 0.3) is 21.9 Å². The van der Waals surface area contributed by atoms with E-state index in [4.69, 9.17) is 5.11 Å². The van der Waals surface area contributed by atoms with Gasteiger partial charge in [0.2, 0.25) is 5.91 Å². The molecule has 1 aromatic carbocycles. The second-order valence-electron chi connectivity index (χ2n) is 6.71. The van der Waals surface area contributed by atoms with Crippen LogP contribution in [0, 0.1) is 12.8 Å². The fraction of sp³-hybridized carbons (Fsp3) is 0.200. The number of nitrogens with zero attached hydrogens (tertiary/aromatic N) is 2. The largest absolute Gasteiger partial charge is 0.465 e. The number of hydrogen-bond acceptors (Lipinski definition) is 4. The molecule has 0 bridgehead atoms. The van der Waals surface area contributed by atoms with Gasteiger partial charge in [-0.2, -0.15) is 0 Å². The summed E-state index contributed by atoms with van der Waals surface area (Å²) in [5.41, 5.74) is 2.79. The molecule has 2 aromatic heterocycles. The Hall–Kier alpha value is -3.48. The van der Waals surface area contributed by atoms with E-state index in [-0.39, 0.29) is 11.8 Å². The molecule has 1 fully saturated rings. The Labute approximate surface area is 155 Å². The molecule has 0 spiro atoms. The highest BCUT2D eigenvalue weighted by atomic mass is 16.4. The molecule has 0 radical (unpaired) electrons.